The van der Waals surface area contributed by atoms with Gasteiger partial charge in [-0.2, -0.15) is 0 Å². The molecule has 2 unspecified atom stereocenters. The summed E-state index contributed by atoms with van der Waals surface area (Å²) >= 11 is 0. The van der Waals surface area contributed by atoms with Gasteiger partial charge in [-0.15, -0.1) is 0 Å². The molecule has 0 rings (SSSR count). The molecule has 3 nitrogen and oxygen atoms in total. The summed E-state index contributed by atoms with van der Waals surface area (Å²) in [5.74, 6) is -0.225. The van der Waals surface area contributed by atoms with Crippen molar-refractivity contribution in [2.45, 2.75) is 40.2 Å². The lowest BCUT2D eigenvalue weighted by Crippen LogP contribution is -2.32. The van der Waals surface area contributed by atoms with Crippen LogP contribution in [0.15, 0.2) is 11.6 Å². The minimum Gasteiger partial charge on any atom is -0.478 e. The summed E-state index contributed by atoms with van der Waals surface area (Å²) in [4.78, 5) is 10.5. The van der Waals surface area contributed by atoms with Crippen LogP contribution in [0, 0.1) is 5.92 Å². The molecule has 0 bridgehead atoms. The highest BCUT2D eigenvalue weighted by molar-refractivity contribution is 5.85. The van der Waals surface area contributed by atoms with Crippen molar-refractivity contribution in [2.75, 3.05) is 6.54 Å². The van der Waals surface area contributed by atoms with Gasteiger partial charge in [-0.1, -0.05) is 26.3 Å². The zero-order valence-corrected chi connectivity index (χ0v) is 9.50. The summed E-state index contributed by atoms with van der Waals surface area (Å²) < 4.78 is 0. The molecule has 0 radical (unpaired) electrons. The Morgan fingerprint density at radius 3 is 2.50 bits per heavy atom. The average molecular weight is 199 g/mol. The van der Waals surface area contributed by atoms with Crippen molar-refractivity contribution in [2.24, 2.45) is 5.92 Å². The third kappa shape index (κ3) is 5.02. The Bertz CT molecular complexity index is 211. The molecule has 0 saturated carbocycles. The van der Waals surface area contributed by atoms with Gasteiger partial charge in [0.15, 0.2) is 0 Å². The number of carboxylic acid groups (broad SMARTS) is 1. The van der Waals surface area contributed by atoms with E-state index >= 15 is 0 Å². The van der Waals surface area contributed by atoms with Crippen molar-refractivity contribution in [3.63, 3.8) is 0 Å². The van der Waals surface area contributed by atoms with Crippen LogP contribution in [0.3, 0.4) is 0 Å². The van der Waals surface area contributed by atoms with Crippen LogP contribution < -0.4 is 5.32 Å². The molecule has 0 aliphatic heterocycles. The van der Waals surface area contributed by atoms with Gasteiger partial charge < -0.3 is 10.4 Å². The average Bonchev–Trinajstić information content (AvgIpc) is 2.15. The maximum absolute atomic E-state index is 10.5. The van der Waals surface area contributed by atoms with Crippen LogP contribution in [0.4, 0.5) is 0 Å². The summed E-state index contributed by atoms with van der Waals surface area (Å²) in [6.07, 6.45) is 2.84. The van der Waals surface area contributed by atoms with E-state index in [1.165, 1.54) is 0 Å². The fraction of sp³-hybridized carbons (Fsp3) is 0.727. The van der Waals surface area contributed by atoms with E-state index < -0.39 is 5.97 Å². The largest absolute Gasteiger partial charge is 0.478 e. The molecule has 0 aromatic rings. The van der Waals surface area contributed by atoms with Gasteiger partial charge in [0.05, 0.1) is 0 Å². The van der Waals surface area contributed by atoms with E-state index in [9.17, 15) is 4.79 Å². The standard InChI is InChI=1S/C11H21NO2/c1-5-8(2)10(4)12-7-6-9(3)11(13)14/h6,8,10,12H,5,7H2,1-4H3,(H,13,14)/b9-6-. The minimum atomic E-state index is -0.844. The Morgan fingerprint density at radius 1 is 1.50 bits per heavy atom. The van der Waals surface area contributed by atoms with Gasteiger partial charge in [-0.05, 0) is 19.8 Å². The number of carboxylic acids is 1. The summed E-state index contributed by atoms with van der Waals surface area (Å²) in [7, 11) is 0. The molecule has 2 atom stereocenters. The first kappa shape index (κ1) is 13.2. The van der Waals surface area contributed by atoms with Gasteiger partial charge in [-0.3, -0.25) is 0 Å². The lowest BCUT2D eigenvalue weighted by atomic mass is 10.0. The number of nitrogens with one attached hydrogen (secondary N) is 1. The van der Waals surface area contributed by atoms with Crippen LogP contribution >= 0.6 is 0 Å². The monoisotopic (exact) mass is 199 g/mol. The predicted molar refractivity (Wildman–Crippen MR) is 58.3 cm³/mol. The van der Waals surface area contributed by atoms with E-state index in [0.717, 1.165) is 6.42 Å². The minimum absolute atomic E-state index is 0.397. The van der Waals surface area contributed by atoms with Crippen molar-refractivity contribution in [1.82, 2.24) is 5.32 Å². The fourth-order valence-corrected chi connectivity index (χ4v) is 1.04. The molecule has 14 heavy (non-hydrogen) atoms. The zero-order chi connectivity index (χ0) is 11.1. The Morgan fingerprint density at radius 2 is 2.07 bits per heavy atom. The molecule has 0 heterocycles. The van der Waals surface area contributed by atoms with Crippen LogP contribution in [0.1, 0.15) is 34.1 Å². The number of aliphatic carboxylic acids is 1. The zero-order valence-electron chi connectivity index (χ0n) is 9.50. The van der Waals surface area contributed by atoms with Crippen molar-refractivity contribution >= 4 is 5.97 Å². The maximum Gasteiger partial charge on any atom is 0.330 e. The molecule has 82 valence electrons. The maximum atomic E-state index is 10.5. The molecule has 0 amide bonds. The molecule has 0 spiro atoms. The van der Waals surface area contributed by atoms with Crippen molar-refractivity contribution < 1.29 is 9.90 Å². The molecule has 0 fully saturated rings. The van der Waals surface area contributed by atoms with Gasteiger partial charge >= 0.3 is 5.97 Å². The van der Waals surface area contributed by atoms with E-state index in [1.54, 1.807) is 13.0 Å². The van der Waals surface area contributed by atoms with Crippen LogP contribution in [0.5, 0.6) is 0 Å². The van der Waals surface area contributed by atoms with Crippen LogP contribution in [-0.4, -0.2) is 23.7 Å². The Labute approximate surface area is 86.2 Å². The van der Waals surface area contributed by atoms with Crippen LogP contribution in [-0.2, 0) is 4.79 Å². The Kier molecular flexibility index (Phi) is 6.21. The lowest BCUT2D eigenvalue weighted by Gasteiger charge is -2.18. The molecular formula is C11H21NO2. The summed E-state index contributed by atoms with van der Waals surface area (Å²) in [6.45, 7) is 8.70. The van der Waals surface area contributed by atoms with E-state index in [-0.39, 0.29) is 0 Å². The van der Waals surface area contributed by atoms with E-state index in [1.807, 2.05) is 0 Å². The van der Waals surface area contributed by atoms with E-state index in [2.05, 4.69) is 26.1 Å². The smallest absolute Gasteiger partial charge is 0.330 e. The topological polar surface area (TPSA) is 49.3 Å². The van der Waals surface area contributed by atoms with Gasteiger partial charge in [0, 0.05) is 18.2 Å². The number of hydrogen-bond acceptors (Lipinski definition) is 2. The molecule has 3 heteroatoms. The second-order valence-electron chi connectivity index (χ2n) is 3.77. The third-order valence-corrected chi connectivity index (χ3v) is 2.68. The number of carbonyl (C=O) groups is 1. The molecule has 0 saturated heterocycles. The lowest BCUT2D eigenvalue weighted by molar-refractivity contribution is -0.132. The fourth-order valence-electron chi connectivity index (χ4n) is 1.04. The van der Waals surface area contributed by atoms with Gasteiger partial charge in [0.25, 0.3) is 0 Å². The number of hydrogen-bond donors (Lipinski definition) is 2. The molecule has 0 aromatic heterocycles. The summed E-state index contributed by atoms with van der Waals surface area (Å²) in [5, 5.41) is 11.9. The molecule has 0 aromatic carbocycles. The number of rotatable bonds is 6. The predicted octanol–water partition coefficient (Wildman–Crippen LogP) is 2.04. The SMILES string of the molecule is CCC(C)C(C)NC/C=C(/C)C(=O)O. The highest BCUT2D eigenvalue weighted by Crippen LogP contribution is 2.06. The highest BCUT2D eigenvalue weighted by Gasteiger charge is 2.08. The Hall–Kier alpha value is -0.830. The van der Waals surface area contributed by atoms with Crippen molar-refractivity contribution in [3.8, 4) is 0 Å². The molecule has 2 N–H and O–H groups in total. The van der Waals surface area contributed by atoms with Crippen LogP contribution in [0.25, 0.3) is 0 Å². The Balaban J connectivity index is 3.84. The first-order chi connectivity index (χ1) is 6.49. The van der Waals surface area contributed by atoms with Gasteiger partial charge in [0.1, 0.15) is 0 Å². The second-order valence-corrected chi connectivity index (χ2v) is 3.77. The molecule has 0 aliphatic carbocycles. The van der Waals surface area contributed by atoms with Gasteiger partial charge in [0.2, 0.25) is 0 Å². The third-order valence-electron chi connectivity index (χ3n) is 2.68. The molecule has 0 aliphatic rings. The van der Waals surface area contributed by atoms with Gasteiger partial charge in [-0.25, -0.2) is 4.79 Å². The van der Waals surface area contributed by atoms with Crippen molar-refractivity contribution in [1.29, 1.82) is 0 Å². The van der Waals surface area contributed by atoms with E-state index in [0.29, 0.717) is 24.1 Å². The van der Waals surface area contributed by atoms with Crippen LogP contribution in [0.2, 0.25) is 0 Å². The highest BCUT2D eigenvalue weighted by atomic mass is 16.4. The first-order valence-electron chi connectivity index (χ1n) is 5.12. The summed E-state index contributed by atoms with van der Waals surface area (Å²) in [6, 6.07) is 0.429. The molecular weight excluding hydrogens is 178 g/mol. The second kappa shape index (κ2) is 6.60. The van der Waals surface area contributed by atoms with E-state index in [4.69, 9.17) is 5.11 Å². The summed E-state index contributed by atoms with van der Waals surface area (Å²) in [5.41, 5.74) is 0.397. The first-order valence-corrected chi connectivity index (χ1v) is 5.12. The normalized spacial score (nSPS) is 16.4. The quantitative estimate of drug-likeness (QED) is 0.644. The van der Waals surface area contributed by atoms with Crippen molar-refractivity contribution in [3.05, 3.63) is 11.6 Å².